The number of aryl methyl sites for hydroxylation is 2. The molecule has 1 aromatic heterocycles. The van der Waals surface area contributed by atoms with E-state index < -0.39 is 11.6 Å². The fourth-order valence-electron chi connectivity index (χ4n) is 4.01. The number of hydrogen-bond donors (Lipinski definition) is 0. The van der Waals surface area contributed by atoms with E-state index in [4.69, 9.17) is 14.6 Å². The van der Waals surface area contributed by atoms with E-state index in [1.807, 2.05) is 73.0 Å². The first-order valence-electron chi connectivity index (χ1n) is 12.6. The molecular formula is C32H27F2N3O2S. The van der Waals surface area contributed by atoms with Crippen molar-refractivity contribution in [3.05, 3.63) is 129 Å². The molecule has 5 rings (SSSR count). The molecule has 0 fully saturated rings. The second-order valence-electron chi connectivity index (χ2n) is 9.15. The molecule has 5 nitrogen and oxygen atoms in total. The van der Waals surface area contributed by atoms with E-state index in [1.165, 1.54) is 29.0 Å². The molecule has 0 saturated heterocycles. The van der Waals surface area contributed by atoms with Gasteiger partial charge in [0.05, 0.1) is 19.0 Å². The Morgan fingerprint density at radius 3 is 2.45 bits per heavy atom. The summed E-state index contributed by atoms with van der Waals surface area (Å²) in [6.45, 7) is 4.52. The molecule has 0 atom stereocenters. The van der Waals surface area contributed by atoms with Gasteiger partial charge in [0.2, 0.25) is 4.80 Å². The number of thiazole rings is 1. The summed E-state index contributed by atoms with van der Waals surface area (Å²) in [5.41, 5.74) is 5.90. The molecule has 1 heterocycles. The third-order valence-corrected chi connectivity index (χ3v) is 7.18. The SMILES string of the molecule is COc1cc(/C=N\n2c(-c3ccc(C)c(C)c3)csc2=Nc2ccc(F)cc2F)ccc1OCc1ccccc1. The highest BCUT2D eigenvalue weighted by Gasteiger charge is 2.11. The lowest BCUT2D eigenvalue weighted by atomic mass is 10.1. The zero-order valence-corrected chi connectivity index (χ0v) is 23.1. The quantitative estimate of drug-likeness (QED) is 0.183. The number of halogens is 2. The Morgan fingerprint density at radius 1 is 0.875 bits per heavy atom. The zero-order valence-electron chi connectivity index (χ0n) is 22.3. The predicted molar refractivity (Wildman–Crippen MR) is 156 cm³/mol. The Balaban J connectivity index is 1.51. The fraction of sp³-hybridized carbons (Fsp3) is 0.125. The van der Waals surface area contributed by atoms with Gasteiger partial charge < -0.3 is 9.47 Å². The van der Waals surface area contributed by atoms with Crippen LogP contribution >= 0.6 is 11.3 Å². The summed E-state index contributed by atoms with van der Waals surface area (Å²) in [6.07, 6.45) is 1.68. The van der Waals surface area contributed by atoms with Crippen molar-refractivity contribution < 1.29 is 18.3 Å². The minimum Gasteiger partial charge on any atom is -0.493 e. The van der Waals surface area contributed by atoms with Crippen molar-refractivity contribution >= 4 is 23.2 Å². The maximum atomic E-state index is 14.4. The average molecular weight is 556 g/mol. The molecule has 0 N–H and O–H groups in total. The Morgan fingerprint density at radius 2 is 1.70 bits per heavy atom. The second-order valence-corrected chi connectivity index (χ2v) is 9.99. The van der Waals surface area contributed by atoms with Crippen LogP contribution in [-0.2, 0) is 6.61 Å². The van der Waals surface area contributed by atoms with E-state index in [0.29, 0.717) is 22.9 Å². The van der Waals surface area contributed by atoms with E-state index in [-0.39, 0.29) is 5.69 Å². The average Bonchev–Trinajstić information content (AvgIpc) is 3.36. The largest absolute Gasteiger partial charge is 0.493 e. The number of ether oxygens (including phenoxy) is 2. The van der Waals surface area contributed by atoms with Crippen molar-refractivity contribution in [1.29, 1.82) is 0 Å². The summed E-state index contributed by atoms with van der Waals surface area (Å²) in [7, 11) is 1.59. The molecule has 0 aliphatic carbocycles. The number of rotatable bonds is 8. The molecule has 0 spiro atoms. The highest BCUT2D eigenvalue weighted by atomic mass is 32.1. The van der Waals surface area contributed by atoms with Crippen LogP contribution in [0.4, 0.5) is 14.5 Å². The summed E-state index contributed by atoms with van der Waals surface area (Å²) < 4.78 is 41.1. The molecule has 202 valence electrons. The van der Waals surface area contributed by atoms with Crippen molar-refractivity contribution in [2.24, 2.45) is 10.1 Å². The highest BCUT2D eigenvalue weighted by Crippen LogP contribution is 2.29. The van der Waals surface area contributed by atoms with Crippen LogP contribution in [0.15, 0.2) is 100 Å². The lowest BCUT2D eigenvalue weighted by Crippen LogP contribution is -2.12. The molecule has 4 aromatic carbocycles. The Hall–Kier alpha value is -4.56. The van der Waals surface area contributed by atoms with Gasteiger partial charge in [-0.15, -0.1) is 11.3 Å². The van der Waals surface area contributed by atoms with Gasteiger partial charge in [0.15, 0.2) is 17.3 Å². The molecule has 8 heteroatoms. The summed E-state index contributed by atoms with van der Waals surface area (Å²) >= 11 is 1.32. The molecule has 0 bridgehead atoms. The monoisotopic (exact) mass is 555 g/mol. The van der Waals surface area contributed by atoms with Crippen LogP contribution in [0.3, 0.4) is 0 Å². The van der Waals surface area contributed by atoms with Gasteiger partial charge in [-0.3, -0.25) is 0 Å². The number of aromatic nitrogens is 1. The molecule has 0 aliphatic rings. The van der Waals surface area contributed by atoms with Crippen molar-refractivity contribution in [3.63, 3.8) is 0 Å². The van der Waals surface area contributed by atoms with Crippen LogP contribution in [0.2, 0.25) is 0 Å². The van der Waals surface area contributed by atoms with Crippen molar-refractivity contribution in [2.45, 2.75) is 20.5 Å². The molecule has 5 aromatic rings. The molecule has 0 unspecified atom stereocenters. The lowest BCUT2D eigenvalue weighted by molar-refractivity contribution is 0.284. The van der Waals surface area contributed by atoms with Gasteiger partial charge in [-0.2, -0.15) is 5.10 Å². The number of methoxy groups -OCH3 is 1. The number of nitrogens with zero attached hydrogens (tertiary/aromatic N) is 3. The van der Waals surface area contributed by atoms with Gasteiger partial charge in [-0.25, -0.2) is 18.4 Å². The fourth-order valence-corrected chi connectivity index (χ4v) is 4.86. The minimum absolute atomic E-state index is 0.0282. The normalized spacial score (nSPS) is 11.8. The van der Waals surface area contributed by atoms with E-state index in [1.54, 1.807) is 18.0 Å². The van der Waals surface area contributed by atoms with Crippen molar-refractivity contribution in [1.82, 2.24) is 4.68 Å². The zero-order chi connectivity index (χ0) is 28.1. The molecule has 40 heavy (non-hydrogen) atoms. The number of benzene rings is 4. The van der Waals surface area contributed by atoms with Crippen LogP contribution in [0.25, 0.3) is 11.3 Å². The lowest BCUT2D eigenvalue weighted by Gasteiger charge is -2.11. The Labute approximate surface area is 235 Å². The van der Waals surface area contributed by atoms with Crippen molar-refractivity contribution in [2.75, 3.05) is 7.11 Å². The molecule has 0 saturated carbocycles. The van der Waals surface area contributed by atoms with E-state index >= 15 is 0 Å². The molecule has 0 radical (unpaired) electrons. The van der Waals surface area contributed by atoms with Crippen LogP contribution < -0.4 is 14.3 Å². The second kappa shape index (κ2) is 12.1. The van der Waals surface area contributed by atoms with E-state index in [0.717, 1.165) is 34.0 Å². The number of hydrogen-bond acceptors (Lipinski definition) is 5. The van der Waals surface area contributed by atoms with Gasteiger partial charge in [0.25, 0.3) is 0 Å². The highest BCUT2D eigenvalue weighted by molar-refractivity contribution is 7.07. The molecular weight excluding hydrogens is 528 g/mol. The maximum Gasteiger partial charge on any atom is 0.211 e. The summed E-state index contributed by atoms with van der Waals surface area (Å²) in [4.78, 5) is 4.90. The summed E-state index contributed by atoms with van der Waals surface area (Å²) in [6, 6.07) is 24.9. The van der Waals surface area contributed by atoms with Crippen molar-refractivity contribution in [3.8, 4) is 22.8 Å². The smallest absolute Gasteiger partial charge is 0.211 e. The first kappa shape index (κ1) is 27.0. The van der Waals surface area contributed by atoms with Crippen LogP contribution in [0, 0.1) is 25.5 Å². The van der Waals surface area contributed by atoms with Gasteiger partial charge in [0.1, 0.15) is 18.1 Å². The van der Waals surface area contributed by atoms with E-state index in [9.17, 15) is 8.78 Å². The third-order valence-electron chi connectivity index (χ3n) is 6.36. The van der Waals surface area contributed by atoms with Gasteiger partial charge in [0, 0.05) is 17.0 Å². The van der Waals surface area contributed by atoms with Gasteiger partial charge in [-0.1, -0.05) is 42.5 Å². The molecule has 0 aliphatic heterocycles. The summed E-state index contributed by atoms with van der Waals surface area (Å²) in [5, 5.41) is 6.64. The van der Waals surface area contributed by atoms with E-state index in [2.05, 4.69) is 18.0 Å². The Bertz CT molecular complexity index is 1740. The standard InChI is InChI=1S/C32H27F2N3O2S/c1-21-9-11-25(15-22(21)2)29-20-40-32(36-28-13-12-26(33)17-27(28)34)37(29)35-18-24-10-14-30(31(16-24)38-3)39-19-23-7-5-4-6-8-23/h4-18,20H,19H2,1-3H3/b35-18-,36-32?. The Kier molecular flexibility index (Phi) is 8.17. The van der Waals surface area contributed by atoms with Crippen LogP contribution in [0.1, 0.15) is 22.3 Å². The van der Waals surface area contributed by atoms with Crippen LogP contribution in [-0.4, -0.2) is 18.0 Å². The van der Waals surface area contributed by atoms with Crippen LogP contribution in [0.5, 0.6) is 11.5 Å². The van der Waals surface area contributed by atoms with Gasteiger partial charge in [-0.05, 0) is 72.5 Å². The first-order valence-corrected chi connectivity index (χ1v) is 13.5. The maximum absolute atomic E-state index is 14.4. The predicted octanol–water partition coefficient (Wildman–Crippen LogP) is 7.81. The van der Waals surface area contributed by atoms with Gasteiger partial charge >= 0.3 is 0 Å². The topological polar surface area (TPSA) is 48.1 Å². The first-order chi connectivity index (χ1) is 19.4. The molecule has 0 amide bonds. The minimum atomic E-state index is -0.743. The third kappa shape index (κ3) is 6.18. The summed E-state index contributed by atoms with van der Waals surface area (Å²) in [5.74, 6) is -0.213.